The highest BCUT2D eigenvalue weighted by Gasteiger charge is 2.30. The molecule has 0 saturated heterocycles. The second-order valence-electron chi connectivity index (χ2n) is 5.19. The Morgan fingerprint density at radius 1 is 1.35 bits per heavy atom. The van der Waals surface area contributed by atoms with Gasteiger partial charge in [0.2, 0.25) is 0 Å². The standard InChI is InChI=1S/C17H24N3O5P/c1-5-12-18-14(4)13-17(26(23,24-6-2)25-7-3)19-15-8-10-16(11-9-15)20(21)22/h1,8-11,13-14,18-19H,6-7,12H2,2-4H3/b17-13-. The van der Waals surface area contributed by atoms with Crippen LogP contribution in [0, 0.1) is 22.5 Å². The number of nitrogens with one attached hydrogen (secondary N) is 2. The van der Waals surface area contributed by atoms with E-state index in [9.17, 15) is 14.7 Å². The normalized spacial score (nSPS) is 13.1. The summed E-state index contributed by atoms with van der Waals surface area (Å²) in [6.45, 7) is 6.02. The van der Waals surface area contributed by atoms with Crippen LogP contribution in [0.25, 0.3) is 0 Å². The van der Waals surface area contributed by atoms with Gasteiger partial charge in [-0.25, -0.2) is 0 Å². The first kappa shape index (κ1) is 21.9. The molecule has 0 fully saturated rings. The number of benzene rings is 1. The molecule has 0 heterocycles. The molecule has 1 aromatic carbocycles. The highest BCUT2D eigenvalue weighted by molar-refractivity contribution is 7.58. The third kappa shape index (κ3) is 6.62. The maximum absolute atomic E-state index is 13.2. The summed E-state index contributed by atoms with van der Waals surface area (Å²) in [5.74, 6) is 2.47. The van der Waals surface area contributed by atoms with E-state index in [-0.39, 0.29) is 30.4 Å². The van der Waals surface area contributed by atoms with E-state index in [2.05, 4.69) is 16.6 Å². The van der Waals surface area contributed by atoms with Gasteiger partial charge in [-0.05, 0) is 39.0 Å². The van der Waals surface area contributed by atoms with Crippen molar-refractivity contribution in [1.29, 1.82) is 0 Å². The molecule has 142 valence electrons. The van der Waals surface area contributed by atoms with E-state index in [1.54, 1.807) is 19.9 Å². The summed E-state index contributed by atoms with van der Waals surface area (Å²) in [6, 6.07) is 5.54. The van der Waals surface area contributed by atoms with E-state index in [4.69, 9.17) is 15.5 Å². The van der Waals surface area contributed by atoms with E-state index in [0.717, 1.165) is 0 Å². The van der Waals surface area contributed by atoms with Crippen molar-refractivity contribution in [2.75, 3.05) is 25.1 Å². The van der Waals surface area contributed by atoms with Crippen LogP contribution in [0.5, 0.6) is 0 Å². The summed E-state index contributed by atoms with van der Waals surface area (Å²) in [7, 11) is -3.59. The molecule has 0 aliphatic carbocycles. The van der Waals surface area contributed by atoms with Gasteiger partial charge in [0.25, 0.3) is 5.69 Å². The minimum absolute atomic E-state index is 0.0390. The minimum Gasteiger partial charge on any atom is -0.349 e. The van der Waals surface area contributed by atoms with Crippen LogP contribution in [0.4, 0.5) is 11.4 Å². The molecule has 0 aliphatic heterocycles. The van der Waals surface area contributed by atoms with E-state index >= 15 is 0 Å². The molecule has 1 atom stereocenters. The lowest BCUT2D eigenvalue weighted by Crippen LogP contribution is -2.25. The number of rotatable bonds is 11. The van der Waals surface area contributed by atoms with Gasteiger partial charge in [0, 0.05) is 23.9 Å². The quantitative estimate of drug-likeness (QED) is 0.261. The van der Waals surface area contributed by atoms with Gasteiger partial charge in [-0.3, -0.25) is 14.7 Å². The van der Waals surface area contributed by atoms with Crippen LogP contribution in [0.3, 0.4) is 0 Å². The topological polar surface area (TPSA) is 103 Å². The number of hydrogen-bond donors (Lipinski definition) is 2. The van der Waals surface area contributed by atoms with Crippen molar-refractivity contribution in [3.63, 3.8) is 0 Å². The molecule has 2 N–H and O–H groups in total. The first-order valence-corrected chi connectivity index (χ1v) is 9.70. The van der Waals surface area contributed by atoms with E-state index in [1.807, 2.05) is 6.92 Å². The molecule has 0 amide bonds. The average molecular weight is 381 g/mol. The van der Waals surface area contributed by atoms with Crippen molar-refractivity contribution in [3.05, 3.63) is 45.9 Å². The Bertz CT molecular complexity index is 702. The first-order valence-electron chi connectivity index (χ1n) is 8.16. The summed E-state index contributed by atoms with van der Waals surface area (Å²) < 4.78 is 23.9. The summed E-state index contributed by atoms with van der Waals surface area (Å²) in [4.78, 5) is 10.3. The van der Waals surface area contributed by atoms with Crippen molar-refractivity contribution >= 4 is 19.0 Å². The van der Waals surface area contributed by atoms with Gasteiger partial charge < -0.3 is 19.7 Å². The highest BCUT2D eigenvalue weighted by atomic mass is 31.2. The molecular formula is C17H24N3O5P. The predicted octanol–water partition coefficient (Wildman–Crippen LogP) is 3.73. The predicted molar refractivity (Wildman–Crippen MR) is 102 cm³/mol. The summed E-state index contributed by atoms with van der Waals surface area (Å²) in [6.07, 6.45) is 6.91. The van der Waals surface area contributed by atoms with Crippen LogP contribution in [-0.4, -0.2) is 30.7 Å². The third-order valence-corrected chi connectivity index (χ3v) is 5.22. The zero-order valence-electron chi connectivity index (χ0n) is 15.1. The van der Waals surface area contributed by atoms with Crippen molar-refractivity contribution in [2.45, 2.75) is 26.8 Å². The Morgan fingerprint density at radius 2 is 1.92 bits per heavy atom. The van der Waals surface area contributed by atoms with E-state index in [1.165, 1.54) is 24.3 Å². The van der Waals surface area contributed by atoms with Gasteiger partial charge in [-0.1, -0.05) is 5.92 Å². The van der Waals surface area contributed by atoms with Gasteiger partial charge >= 0.3 is 7.60 Å². The number of non-ortho nitro benzene ring substituents is 1. The van der Waals surface area contributed by atoms with Crippen LogP contribution in [0.1, 0.15) is 20.8 Å². The molecule has 1 aromatic rings. The molecular weight excluding hydrogens is 357 g/mol. The molecule has 0 spiro atoms. The molecule has 0 aliphatic rings. The molecule has 0 aromatic heterocycles. The number of nitro groups is 1. The van der Waals surface area contributed by atoms with E-state index in [0.29, 0.717) is 12.2 Å². The van der Waals surface area contributed by atoms with Crippen molar-refractivity contribution < 1.29 is 18.5 Å². The molecule has 0 saturated carbocycles. The highest BCUT2D eigenvalue weighted by Crippen LogP contribution is 2.56. The van der Waals surface area contributed by atoms with Crippen molar-refractivity contribution in [1.82, 2.24) is 5.32 Å². The zero-order valence-corrected chi connectivity index (χ0v) is 16.0. The van der Waals surface area contributed by atoms with Gasteiger partial charge in [0.1, 0.15) is 5.44 Å². The number of terminal acetylenes is 1. The lowest BCUT2D eigenvalue weighted by atomic mass is 10.3. The second kappa shape index (κ2) is 10.7. The van der Waals surface area contributed by atoms with Crippen LogP contribution < -0.4 is 10.6 Å². The fraction of sp³-hybridized carbons (Fsp3) is 0.412. The summed E-state index contributed by atoms with van der Waals surface area (Å²) >= 11 is 0. The zero-order chi connectivity index (χ0) is 19.6. The van der Waals surface area contributed by atoms with Gasteiger partial charge in [-0.2, -0.15) is 0 Å². The van der Waals surface area contributed by atoms with Crippen LogP contribution in [-0.2, 0) is 13.6 Å². The molecule has 1 unspecified atom stereocenters. The average Bonchev–Trinajstić information content (AvgIpc) is 2.60. The number of nitrogens with zero attached hydrogens (tertiary/aromatic N) is 1. The minimum atomic E-state index is -3.59. The number of anilines is 1. The van der Waals surface area contributed by atoms with Crippen LogP contribution >= 0.6 is 7.60 Å². The Kier molecular flexibility index (Phi) is 9.03. The van der Waals surface area contributed by atoms with Crippen LogP contribution in [0.15, 0.2) is 35.8 Å². The van der Waals surface area contributed by atoms with E-state index < -0.39 is 12.5 Å². The monoisotopic (exact) mass is 381 g/mol. The largest absolute Gasteiger partial charge is 0.377 e. The Labute approximate surface area is 153 Å². The maximum Gasteiger partial charge on any atom is 0.377 e. The van der Waals surface area contributed by atoms with Gasteiger partial charge in [0.05, 0.1) is 24.7 Å². The molecule has 0 radical (unpaired) electrons. The molecule has 1 rings (SSSR count). The van der Waals surface area contributed by atoms with Crippen molar-refractivity contribution in [2.24, 2.45) is 0 Å². The van der Waals surface area contributed by atoms with Gasteiger partial charge in [0.15, 0.2) is 0 Å². The summed E-state index contributed by atoms with van der Waals surface area (Å²) in [5, 5.41) is 16.8. The Balaban J connectivity index is 3.17. The SMILES string of the molecule is C#CCNC(C)/C=C(/Nc1ccc([N+](=O)[O-])cc1)P(=O)(OCC)OCC. The lowest BCUT2D eigenvalue weighted by Gasteiger charge is -2.22. The van der Waals surface area contributed by atoms with Crippen molar-refractivity contribution in [3.8, 4) is 12.3 Å². The number of hydrogen-bond acceptors (Lipinski definition) is 7. The van der Waals surface area contributed by atoms with Gasteiger partial charge in [-0.15, -0.1) is 6.42 Å². The fourth-order valence-electron chi connectivity index (χ4n) is 2.05. The third-order valence-electron chi connectivity index (χ3n) is 3.18. The molecule has 9 heteroatoms. The van der Waals surface area contributed by atoms with Crippen LogP contribution in [0.2, 0.25) is 0 Å². The summed E-state index contributed by atoms with van der Waals surface area (Å²) in [5.41, 5.74) is 0.723. The lowest BCUT2D eigenvalue weighted by molar-refractivity contribution is -0.384. The Hall–Kier alpha value is -2.17. The Morgan fingerprint density at radius 3 is 2.38 bits per heavy atom. The molecule has 26 heavy (non-hydrogen) atoms. The molecule has 8 nitrogen and oxygen atoms in total. The molecule has 0 bridgehead atoms. The maximum atomic E-state index is 13.2. The number of nitro benzene ring substituents is 1. The first-order chi connectivity index (χ1) is 12.4. The fourth-order valence-corrected chi connectivity index (χ4v) is 3.75. The smallest absolute Gasteiger partial charge is 0.349 e. The second-order valence-corrected chi connectivity index (χ2v) is 7.18.